The van der Waals surface area contributed by atoms with Crippen molar-refractivity contribution in [3.8, 4) is 0 Å². The van der Waals surface area contributed by atoms with E-state index in [0.29, 0.717) is 11.6 Å². The maximum absolute atomic E-state index is 12.6. The monoisotopic (exact) mass is 290 g/mol. The Morgan fingerprint density at radius 2 is 1.86 bits per heavy atom. The van der Waals surface area contributed by atoms with Gasteiger partial charge in [0.05, 0.1) is 0 Å². The summed E-state index contributed by atoms with van der Waals surface area (Å²) in [6.07, 6.45) is 2.28. The highest BCUT2D eigenvalue weighted by Gasteiger charge is 2.34. The summed E-state index contributed by atoms with van der Waals surface area (Å²) in [7, 11) is 1.74. The molecule has 1 atom stereocenters. The van der Waals surface area contributed by atoms with E-state index in [-0.39, 0.29) is 18.6 Å². The van der Waals surface area contributed by atoms with E-state index in [1.807, 2.05) is 26.0 Å². The summed E-state index contributed by atoms with van der Waals surface area (Å²) in [5.41, 5.74) is 1.68. The van der Waals surface area contributed by atoms with Gasteiger partial charge in [-0.05, 0) is 44.7 Å². The van der Waals surface area contributed by atoms with Crippen LogP contribution in [-0.2, 0) is 4.79 Å². The van der Waals surface area contributed by atoms with Crippen LogP contribution in [0.1, 0.15) is 25.3 Å². The van der Waals surface area contributed by atoms with Gasteiger partial charge in [0, 0.05) is 18.8 Å². The topological polar surface area (TPSA) is 60.9 Å². The zero-order valence-corrected chi connectivity index (χ0v) is 12.7. The molecule has 0 aliphatic heterocycles. The summed E-state index contributed by atoms with van der Waals surface area (Å²) in [4.78, 5) is 26.7. The summed E-state index contributed by atoms with van der Waals surface area (Å²) < 4.78 is 0. The number of anilines is 1. The van der Waals surface area contributed by atoms with Gasteiger partial charge in [0.15, 0.2) is 0 Å². The third-order valence-corrected chi connectivity index (χ3v) is 4.09. The Balaban J connectivity index is 2.19. The smallest absolute Gasteiger partial charge is 0.325 e. The van der Waals surface area contributed by atoms with Gasteiger partial charge >= 0.3 is 12.0 Å². The standard InChI is InChI=1S/C16H22N2O3/c1-11-4-8-14(9-5-11)18(10-15(19)20)16(21)17(3)12(2)13-6-7-13/h4-5,8-9,12-13H,6-7,10H2,1-3H3,(H,19,20). The van der Waals surface area contributed by atoms with Crippen molar-refractivity contribution in [3.05, 3.63) is 29.8 Å². The van der Waals surface area contributed by atoms with Gasteiger partial charge in [0.1, 0.15) is 6.54 Å². The third kappa shape index (κ3) is 3.74. The lowest BCUT2D eigenvalue weighted by Crippen LogP contribution is -2.47. The van der Waals surface area contributed by atoms with E-state index in [2.05, 4.69) is 0 Å². The van der Waals surface area contributed by atoms with Crippen LogP contribution >= 0.6 is 0 Å². The first-order valence-corrected chi connectivity index (χ1v) is 7.23. The van der Waals surface area contributed by atoms with Crippen molar-refractivity contribution in [2.45, 2.75) is 32.7 Å². The van der Waals surface area contributed by atoms with E-state index in [0.717, 1.165) is 18.4 Å². The van der Waals surface area contributed by atoms with Gasteiger partial charge in [-0.25, -0.2) is 4.79 Å². The van der Waals surface area contributed by atoms with Gasteiger partial charge in [-0.3, -0.25) is 9.69 Å². The molecule has 1 N–H and O–H groups in total. The first-order valence-electron chi connectivity index (χ1n) is 7.23. The molecule has 114 valence electrons. The molecule has 1 aliphatic carbocycles. The fourth-order valence-electron chi connectivity index (χ4n) is 2.39. The molecule has 5 nitrogen and oxygen atoms in total. The lowest BCUT2D eigenvalue weighted by Gasteiger charge is -2.31. The zero-order valence-electron chi connectivity index (χ0n) is 12.7. The molecule has 2 rings (SSSR count). The fourth-order valence-corrected chi connectivity index (χ4v) is 2.39. The minimum atomic E-state index is -1.02. The molecule has 2 amide bonds. The maximum atomic E-state index is 12.6. The number of carboxylic acids is 1. The molecular formula is C16H22N2O3. The number of carboxylic acid groups (broad SMARTS) is 1. The van der Waals surface area contributed by atoms with Crippen LogP contribution in [-0.4, -0.2) is 41.6 Å². The molecule has 0 aromatic heterocycles. The minimum Gasteiger partial charge on any atom is -0.480 e. The van der Waals surface area contributed by atoms with Gasteiger partial charge < -0.3 is 10.0 Å². The van der Waals surface area contributed by atoms with Crippen LogP contribution in [0.5, 0.6) is 0 Å². The summed E-state index contributed by atoms with van der Waals surface area (Å²) in [5, 5.41) is 9.08. The van der Waals surface area contributed by atoms with Crippen LogP contribution < -0.4 is 4.90 Å². The largest absolute Gasteiger partial charge is 0.480 e. The molecule has 1 fully saturated rings. The highest BCUT2D eigenvalue weighted by molar-refractivity contribution is 5.96. The first-order chi connectivity index (χ1) is 9.90. The molecule has 0 spiro atoms. The molecule has 1 saturated carbocycles. The van der Waals surface area contributed by atoms with E-state index >= 15 is 0 Å². The van der Waals surface area contributed by atoms with Crippen LogP contribution in [0.2, 0.25) is 0 Å². The van der Waals surface area contributed by atoms with Crippen LogP contribution in [0, 0.1) is 12.8 Å². The number of urea groups is 1. The van der Waals surface area contributed by atoms with Gasteiger partial charge in [-0.15, -0.1) is 0 Å². The second-order valence-corrected chi connectivity index (χ2v) is 5.79. The summed E-state index contributed by atoms with van der Waals surface area (Å²) in [6.45, 7) is 3.64. The van der Waals surface area contributed by atoms with E-state index < -0.39 is 5.97 Å². The summed E-state index contributed by atoms with van der Waals surface area (Å²) >= 11 is 0. The van der Waals surface area contributed by atoms with Crippen LogP contribution in [0.3, 0.4) is 0 Å². The second-order valence-electron chi connectivity index (χ2n) is 5.79. The van der Waals surface area contributed by atoms with Crippen molar-refractivity contribution < 1.29 is 14.7 Å². The molecule has 5 heteroatoms. The maximum Gasteiger partial charge on any atom is 0.325 e. The molecule has 0 radical (unpaired) electrons. The third-order valence-electron chi connectivity index (χ3n) is 4.09. The summed E-state index contributed by atoms with van der Waals surface area (Å²) in [6, 6.07) is 7.20. The van der Waals surface area contributed by atoms with Gasteiger partial charge in [-0.2, -0.15) is 0 Å². The van der Waals surface area contributed by atoms with E-state index in [1.54, 1.807) is 24.1 Å². The highest BCUT2D eigenvalue weighted by atomic mass is 16.4. The number of amides is 2. The van der Waals surface area contributed by atoms with Crippen LogP contribution in [0.4, 0.5) is 10.5 Å². The second kappa shape index (κ2) is 6.16. The number of hydrogen-bond donors (Lipinski definition) is 1. The number of aliphatic carboxylic acids is 1. The van der Waals surface area contributed by atoms with Crippen LogP contribution in [0.25, 0.3) is 0 Å². The van der Waals surface area contributed by atoms with Gasteiger partial charge in [0.2, 0.25) is 0 Å². The first kappa shape index (κ1) is 15.4. The normalized spacial score (nSPS) is 15.4. The molecule has 0 saturated heterocycles. The van der Waals surface area contributed by atoms with Crippen molar-refractivity contribution in [2.24, 2.45) is 5.92 Å². The number of rotatable bonds is 5. The number of carbonyl (C=O) groups excluding carboxylic acids is 1. The van der Waals surface area contributed by atoms with E-state index in [9.17, 15) is 9.59 Å². The lowest BCUT2D eigenvalue weighted by molar-refractivity contribution is -0.135. The molecule has 21 heavy (non-hydrogen) atoms. The van der Waals surface area contributed by atoms with E-state index in [4.69, 9.17) is 5.11 Å². The predicted octanol–water partition coefficient (Wildman–Crippen LogP) is 2.74. The lowest BCUT2D eigenvalue weighted by atomic mass is 10.2. The average molecular weight is 290 g/mol. The fraction of sp³-hybridized carbons (Fsp3) is 0.500. The molecule has 0 heterocycles. The highest BCUT2D eigenvalue weighted by Crippen LogP contribution is 2.35. The molecule has 1 aromatic rings. The minimum absolute atomic E-state index is 0.138. The zero-order chi connectivity index (χ0) is 15.6. The number of aryl methyl sites for hydroxylation is 1. The molecule has 1 aromatic carbocycles. The Morgan fingerprint density at radius 1 is 1.29 bits per heavy atom. The van der Waals surface area contributed by atoms with Gasteiger partial charge in [0.25, 0.3) is 0 Å². The van der Waals surface area contributed by atoms with Crippen molar-refractivity contribution in [1.82, 2.24) is 4.90 Å². The molecule has 1 unspecified atom stereocenters. The Labute approximate surface area is 125 Å². The predicted molar refractivity (Wildman–Crippen MR) is 81.5 cm³/mol. The number of carbonyl (C=O) groups is 2. The quantitative estimate of drug-likeness (QED) is 0.907. The Morgan fingerprint density at radius 3 is 2.33 bits per heavy atom. The Hall–Kier alpha value is -2.04. The van der Waals surface area contributed by atoms with Crippen molar-refractivity contribution in [3.63, 3.8) is 0 Å². The van der Waals surface area contributed by atoms with Crippen molar-refractivity contribution >= 4 is 17.7 Å². The summed E-state index contributed by atoms with van der Waals surface area (Å²) in [5.74, 6) is -0.472. The number of hydrogen-bond acceptors (Lipinski definition) is 2. The SMILES string of the molecule is Cc1ccc(N(CC(=O)O)C(=O)N(C)C(C)C2CC2)cc1. The number of nitrogens with zero attached hydrogens (tertiary/aromatic N) is 2. The number of benzene rings is 1. The Kier molecular flexibility index (Phi) is 4.50. The Bertz CT molecular complexity index is 523. The van der Waals surface area contributed by atoms with Crippen molar-refractivity contribution in [1.29, 1.82) is 0 Å². The molecule has 0 bridgehead atoms. The van der Waals surface area contributed by atoms with Gasteiger partial charge in [-0.1, -0.05) is 17.7 Å². The molecule has 1 aliphatic rings. The van der Waals surface area contributed by atoms with E-state index in [1.165, 1.54) is 4.90 Å². The van der Waals surface area contributed by atoms with Crippen LogP contribution in [0.15, 0.2) is 24.3 Å². The molecular weight excluding hydrogens is 268 g/mol. The van der Waals surface area contributed by atoms with Crippen molar-refractivity contribution in [2.75, 3.05) is 18.5 Å². The average Bonchev–Trinajstić information content (AvgIpc) is 3.28.